The van der Waals surface area contributed by atoms with Gasteiger partial charge in [-0.2, -0.15) is 4.52 Å². The van der Waals surface area contributed by atoms with E-state index in [9.17, 15) is 4.79 Å². The molecule has 0 radical (unpaired) electrons. The Hall–Kier alpha value is -2.38. The number of aromatic nitrogens is 4. The van der Waals surface area contributed by atoms with E-state index in [-0.39, 0.29) is 11.8 Å². The molecule has 1 aliphatic heterocycles. The number of amides is 1. The van der Waals surface area contributed by atoms with Gasteiger partial charge in [0, 0.05) is 28.8 Å². The van der Waals surface area contributed by atoms with Crippen molar-refractivity contribution in [3.8, 4) is 0 Å². The standard InChI is InChI=1S/C18H18Cl2N6O/c1-11-22-23-16-4-5-17(24-26(11)16)25-6-2-3-12(10-25)18(27)21-15-8-13(19)7-14(20)9-15/h4-5,7-9,12H,2-3,6,10H2,1H3,(H,21,27). The Morgan fingerprint density at radius 3 is 2.74 bits per heavy atom. The molecule has 1 atom stereocenters. The van der Waals surface area contributed by atoms with Gasteiger partial charge < -0.3 is 10.2 Å². The van der Waals surface area contributed by atoms with E-state index < -0.39 is 0 Å². The first-order valence-corrected chi connectivity index (χ1v) is 9.46. The van der Waals surface area contributed by atoms with Crippen LogP contribution in [0, 0.1) is 12.8 Å². The first-order valence-electron chi connectivity index (χ1n) is 8.70. The number of carbonyl (C=O) groups excluding carboxylic acids is 1. The third kappa shape index (κ3) is 3.84. The van der Waals surface area contributed by atoms with Gasteiger partial charge in [0.1, 0.15) is 5.82 Å². The van der Waals surface area contributed by atoms with Crippen molar-refractivity contribution in [2.75, 3.05) is 23.3 Å². The molecular weight excluding hydrogens is 387 g/mol. The van der Waals surface area contributed by atoms with Gasteiger partial charge in [0.25, 0.3) is 0 Å². The number of carbonyl (C=O) groups is 1. The van der Waals surface area contributed by atoms with Gasteiger partial charge in [0.15, 0.2) is 11.5 Å². The number of hydrogen-bond acceptors (Lipinski definition) is 5. The van der Waals surface area contributed by atoms with Gasteiger partial charge >= 0.3 is 0 Å². The fourth-order valence-corrected chi connectivity index (χ4v) is 3.85. The molecule has 140 valence electrons. The maximum atomic E-state index is 12.7. The zero-order valence-corrected chi connectivity index (χ0v) is 16.2. The molecule has 1 aliphatic rings. The van der Waals surface area contributed by atoms with Crippen LogP contribution in [0.1, 0.15) is 18.7 Å². The number of halogens is 2. The third-order valence-corrected chi connectivity index (χ3v) is 5.09. The minimum atomic E-state index is -0.143. The Kier molecular flexibility index (Phi) is 4.88. The van der Waals surface area contributed by atoms with Crippen molar-refractivity contribution < 1.29 is 4.79 Å². The third-order valence-electron chi connectivity index (χ3n) is 4.65. The molecule has 0 aliphatic carbocycles. The molecule has 0 bridgehead atoms. The number of aryl methyl sites for hydroxylation is 1. The predicted octanol–water partition coefficient (Wildman–Crippen LogP) is 3.59. The lowest BCUT2D eigenvalue weighted by molar-refractivity contribution is -0.120. The molecule has 1 unspecified atom stereocenters. The van der Waals surface area contributed by atoms with Crippen LogP contribution in [-0.2, 0) is 4.79 Å². The largest absolute Gasteiger partial charge is 0.354 e. The lowest BCUT2D eigenvalue weighted by Crippen LogP contribution is -2.41. The molecule has 3 heterocycles. The second kappa shape index (κ2) is 7.32. The summed E-state index contributed by atoms with van der Waals surface area (Å²) in [6.07, 6.45) is 1.74. The van der Waals surface area contributed by atoms with Crippen molar-refractivity contribution in [2.45, 2.75) is 19.8 Å². The lowest BCUT2D eigenvalue weighted by Gasteiger charge is -2.32. The van der Waals surface area contributed by atoms with Crippen LogP contribution in [0.3, 0.4) is 0 Å². The molecule has 9 heteroatoms. The first kappa shape index (κ1) is 18.0. The molecule has 1 saturated heterocycles. The highest BCUT2D eigenvalue weighted by molar-refractivity contribution is 6.35. The van der Waals surface area contributed by atoms with Crippen LogP contribution in [0.15, 0.2) is 30.3 Å². The zero-order chi connectivity index (χ0) is 19.0. The minimum Gasteiger partial charge on any atom is -0.354 e. The van der Waals surface area contributed by atoms with Crippen molar-refractivity contribution in [1.29, 1.82) is 0 Å². The summed E-state index contributed by atoms with van der Waals surface area (Å²) in [5.41, 5.74) is 1.31. The topological polar surface area (TPSA) is 75.4 Å². The van der Waals surface area contributed by atoms with Gasteiger partial charge in [-0.3, -0.25) is 4.79 Å². The summed E-state index contributed by atoms with van der Waals surface area (Å²) in [5.74, 6) is 1.36. The van der Waals surface area contributed by atoms with Gasteiger partial charge in [-0.15, -0.1) is 15.3 Å². The smallest absolute Gasteiger partial charge is 0.229 e. The summed E-state index contributed by atoms with van der Waals surface area (Å²) in [6.45, 7) is 3.31. The number of nitrogens with zero attached hydrogens (tertiary/aromatic N) is 5. The Labute approximate surface area is 166 Å². The van der Waals surface area contributed by atoms with Crippen molar-refractivity contribution in [2.24, 2.45) is 5.92 Å². The van der Waals surface area contributed by atoms with Gasteiger partial charge in [0.2, 0.25) is 5.91 Å². The van der Waals surface area contributed by atoms with Gasteiger partial charge in [-0.05, 0) is 50.1 Å². The molecule has 3 aromatic rings. The summed E-state index contributed by atoms with van der Waals surface area (Å²) in [4.78, 5) is 14.8. The number of benzene rings is 1. The molecular formula is C18H18Cl2N6O. The number of nitrogens with one attached hydrogen (secondary N) is 1. The number of hydrogen-bond donors (Lipinski definition) is 1. The van der Waals surface area contributed by atoms with Crippen molar-refractivity contribution in [1.82, 2.24) is 19.8 Å². The molecule has 27 heavy (non-hydrogen) atoms. The van der Waals surface area contributed by atoms with E-state index in [4.69, 9.17) is 23.2 Å². The fraction of sp³-hybridized carbons (Fsp3) is 0.333. The van der Waals surface area contributed by atoms with Crippen molar-refractivity contribution in [3.63, 3.8) is 0 Å². The second-order valence-corrected chi connectivity index (χ2v) is 7.51. The van der Waals surface area contributed by atoms with E-state index in [0.717, 1.165) is 31.0 Å². The highest BCUT2D eigenvalue weighted by Crippen LogP contribution is 2.26. The summed E-state index contributed by atoms with van der Waals surface area (Å²) in [6, 6.07) is 8.82. The van der Waals surface area contributed by atoms with E-state index >= 15 is 0 Å². The molecule has 0 spiro atoms. The van der Waals surface area contributed by atoms with E-state index in [1.165, 1.54) is 0 Å². The molecule has 0 saturated carbocycles. The van der Waals surface area contributed by atoms with Crippen LogP contribution in [0.2, 0.25) is 10.0 Å². The second-order valence-electron chi connectivity index (χ2n) is 6.64. The zero-order valence-electron chi connectivity index (χ0n) is 14.7. The summed E-state index contributed by atoms with van der Waals surface area (Å²) in [7, 11) is 0. The molecule has 1 N–H and O–H groups in total. The molecule has 1 amide bonds. The predicted molar refractivity (Wildman–Crippen MR) is 106 cm³/mol. The molecule has 4 rings (SSSR count). The van der Waals surface area contributed by atoms with E-state index in [1.54, 1.807) is 22.7 Å². The molecule has 2 aromatic heterocycles. The maximum absolute atomic E-state index is 12.7. The van der Waals surface area contributed by atoms with E-state index in [2.05, 4.69) is 25.5 Å². The average molecular weight is 405 g/mol. The SMILES string of the molecule is Cc1nnc2ccc(N3CCCC(C(=O)Nc4cc(Cl)cc(Cl)c4)C3)nn12. The monoisotopic (exact) mass is 404 g/mol. The van der Waals surface area contributed by atoms with E-state index in [0.29, 0.717) is 27.9 Å². The van der Waals surface area contributed by atoms with Gasteiger partial charge in [0.05, 0.1) is 5.92 Å². The van der Waals surface area contributed by atoms with Crippen LogP contribution >= 0.6 is 23.2 Å². The Balaban J connectivity index is 1.49. The van der Waals surface area contributed by atoms with Crippen LogP contribution in [0.5, 0.6) is 0 Å². The van der Waals surface area contributed by atoms with E-state index in [1.807, 2.05) is 19.1 Å². The maximum Gasteiger partial charge on any atom is 0.229 e. The Bertz CT molecular complexity index is 984. The minimum absolute atomic E-state index is 0.0420. The van der Waals surface area contributed by atoms with Crippen LogP contribution in [0.25, 0.3) is 5.65 Å². The molecule has 1 fully saturated rings. The highest BCUT2D eigenvalue weighted by atomic mass is 35.5. The van der Waals surface area contributed by atoms with Crippen LogP contribution in [0.4, 0.5) is 11.5 Å². The summed E-state index contributed by atoms with van der Waals surface area (Å²) in [5, 5.41) is 16.6. The normalized spacial score (nSPS) is 17.3. The van der Waals surface area contributed by atoms with Crippen molar-refractivity contribution in [3.05, 3.63) is 46.2 Å². The average Bonchev–Trinajstić information content (AvgIpc) is 3.01. The Morgan fingerprint density at radius 1 is 1.19 bits per heavy atom. The van der Waals surface area contributed by atoms with Crippen molar-refractivity contribution >= 4 is 46.3 Å². The summed E-state index contributed by atoms with van der Waals surface area (Å²) >= 11 is 12.0. The molecule has 7 nitrogen and oxygen atoms in total. The van der Waals surface area contributed by atoms with Crippen LogP contribution < -0.4 is 10.2 Å². The number of piperidine rings is 1. The Morgan fingerprint density at radius 2 is 1.96 bits per heavy atom. The number of anilines is 2. The summed E-state index contributed by atoms with van der Waals surface area (Å²) < 4.78 is 1.72. The quantitative estimate of drug-likeness (QED) is 0.721. The first-order chi connectivity index (χ1) is 13.0. The van der Waals surface area contributed by atoms with Gasteiger partial charge in [-0.25, -0.2) is 0 Å². The van der Waals surface area contributed by atoms with Crippen LogP contribution in [-0.4, -0.2) is 38.8 Å². The fourth-order valence-electron chi connectivity index (χ4n) is 3.32. The van der Waals surface area contributed by atoms with Gasteiger partial charge in [-0.1, -0.05) is 23.2 Å². The lowest BCUT2D eigenvalue weighted by atomic mass is 9.97. The number of fused-ring (bicyclic) bond motifs is 1. The number of rotatable bonds is 3. The molecule has 1 aromatic carbocycles. The highest BCUT2D eigenvalue weighted by Gasteiger charge is 2.27.